The number of ether oxygens (including phenoxy) is 3. The van der Waals surface area contributed by atoms with Crippen LogP contribution < -0.4 is 0 Å². The van der Waals surface area contributed by atoms with Crippen LogP contribution in [0.1, 0.15) is 6.92 Å². The summed E-state index contributed by atoms with van der Waals surface area (Å²) in [5.74, 6) is -1.32. The Kier molecular flexibility index (Phi) is 15.9. The van der Waals surface area contributed by atoms with Crippen molar-refractivity contribution in [1.29, 1.82) is 0 Å². The van der Waals surface area contributed by atoms with Crippen molar-refractivity contribution >= 4 is 11.9 Å². The van der Waals surface area contributed by atoms with Crippen molar-refractivity contribution in [3.63, 3.8) is 0 Å². The lowest BCUT2D eigenvalue weighted by Crippen LogP contribution is -2.10. The Morgan fingerprint density at radius 1 is 1.22 bits per heavy atom. The minimum absolute atomic E-state index is 0.258. The largest absolute Gasteiger partial charge is 0.478 e. The second-order valence-corrected chi connectivity index (χ2v) is 2.82. The molecule has 104 valence electrons. The van der Waals surface area contributed by atoms with Gasteiger partial charge in [0.15, 0.2) is 0 Å². The average molecular weight is 260 g/mol. The highest BCUT2D eigenvalue weighted by Gasteiger charge is 1.93. The quantitative estimate of drug-likeness (QED) is 0.398. The fourth-order valence-electron chi connectivity index (χ4n) is 0.647. The van der Waals surface area contributed by atoms with E-state index in [0.717, 1.165) is 12.2 Å². The number of hydrogen-bond acceptors (Lipinski definition) is 5. The van der Waals surface area contributed by atoms with E-state index in [4.69, 9.17) is 14.6 Å². The van der Waals surface area contributed by atoms with E-state index >= 15 is 0 Å². The Morgan fingerprint density at radius 3 is 2.22 bits per heavy atom. The number of methoxy groups -OCH3 is 1. The third-order valence-electron chi connectivity index (χ3n) is 1.38. The molecule has 6 heteroatoms. The molecule has 0 amide bonds. The molecule has 0 aliphatic rings. The molecule has 1 N–H and O–H groups in total. The molecule has 0 aromatic heterocycles. The first kappa shape index (κ1) is 18.7. The van der Waals surface area contributed by atoms with Gasteiger partial charge in [-0.3, -0.25) is 0 Å². The van der Waals surface area contributed by atoms with Crippen LogP contribution in [0.5, 0.6) is 0 Å². The molecule has 0 aromatic rings. The Bertz CT molecular complexity index is 259. The second kappa shape index (κ2) is 15.3. The molecule has 0 unspecified atom stereocenters. The molecule has 0 saturated heterocycles. The Balaban J connectivity index is 0. The second-order valence-electron chi connectivity index (χ2n) is 2.82. The standard InChI is InChI=1S/C8H14O4.C4H6O2/c1-3-8(9)12-7-6-11-5-4-10-2;1-2-3-4(5)6/h3H,1,4-7H2,2H3;2-3H,1H3,(H,5,6). The van der Waals surface area contributed by atoms with Crippen LogP contribution in [0, 0.1) is 0 Å². The minimum atomic E-state index is -0.891. The summed E-state index contributed by atoms with van der Waals surface area (Å²) in [4.78, 5) is 20.0. The number of rotatable bonds is 8. The zero-order chi connectivity index (χ0) is 14.2. The maximum Gasteiger partial charge on any atom is 0.330 e. The molecule has 0 radical (unpaired) electrons. The first-order valence-corrected chi connectivity index (χ1v) is 5.30. The summed E-state index contributed by atoms with van der Waals surface area (Å²) in [7, 11) is 1.60. The molecule has 18 heavy (non-hydrogen) atoms. The van der Waals surface area contributed by atoms with Crippen LogP contribution in [0.2, 0.25) is 0 Å². The normalized spacial score (nSPS) is 9.44. The third-order valence-corrected chi connectivity index (χ3v) is 1.38. The number of carboxylic acids is 1. The average Bonchev–Trinajstić information content (AvgIpc) is 2.34. The molecule has 0 aliphatic carbocycles. The highest BCUT2D eigenvalue weighted by molar-refractivity contribution is 5.81. The predicted molar refractivity (Wildman–Crippen MR) is 66.3 cm³/mol. The van der Waals surface area contributed by atoms with Crippen LogP contribution in [0.15, 0.2) is 24.8 Å². The van der Waals surface area contributed by atoms with Crippen molar-refractivity contribution in [3.05, 3.63) is 24.8 Å². The number of hydrogen-bond donors (Lipinski definition) is 1. The lowest BCUT2D eigenvalue weighted by atomic mass is 10.5. The van der Waals surface area contributed by atoms with E-state index in [2.05, 4.69) is 11.3 Å². The molecular formula is C12H20O6. The van der Waals surface area contributed by atoms with Gasteiger partial charge in [-0.25, -0.2) is 9.59 Å². The first-order chi connectivity index (χ1) is 8.58. The number of esters is 1. The number of aliphatic carboxylic acids is 1. The highest BCUT2D eigenvalue weighted by atomic mass is 16.6. The lowest BCUT2D eigenvalue weighted by molar-refractivity contribution is -0.139. The lowest BCUT2D eigenvalue weighted by Gasteiger charge is -2.03. The summed E-state index contributed by atoms with van der Waals surface area (Å²) in [5.41, 5.74) is 0. The number of carbonyl (C=O) groups is 2. The van der Waals surface area contributed by atoms with E-state index in [-0.39, 0.29) is 6.61 Å². The zero-order valence-corrected chi connectivity index (χ0v) is 10.8. The maximum absolute atomic E-state index is 10.5. The summed E-state index contributed by atoms with van der Waals surface area (Å²) >= 11 is 0. The molecule has 0 aromatic carbocycles. The molecule has 0 atom stereocenters. The van der Waals surface area contributed by atoms with Gasteiger partial charge in [-0.05, 0) is 6.92 Å². The van der Waals surface area contributed by atoms with E-state index in [1.165, 1.54) is 6.08 Å². The van der Waals surface area contributed by atoms with E-state index in [1.54, 1.807) is 14.0 Å². The van der Waals surface area contributed by atoms with E-state index < -0.39 is 11.9 Å². The van der Waals surface area contributed by atoms with Gasteiger partial charge in [0.05, 0.1) is 19.8 Å². The summed E-state index contributed by atoms with van der Waals surface area (Å²) in [6.07, 6.45) is 3.68. The minimum Gasteiger partial charge on any atom is -0.478 e. The molecular weight excluding hydrogens is 240 g/mol. The van der Waals surface area contributed by atoms with Crippen molar-refractivity contribution in [3.8, 4) is 0 Å². The van der Waals surface area contributed by atoms with Gasteiger partial charge in [0, 0.05) is 19.3 Å². The monoisotopic (exact) mass is 260 g/mol. The van der Waals surface area contributed by atoms with Crippen molar-refractivity contribution < 1.29 is 28.9 Å². The predicted octanol–water partition coefficient (Wildman–Crippen LogP) is 1.03. The van der Waals surface area contributed by atoms with Crippen LogP contribution in [0.4, 0.5) is 0 Å². The van der Waals surface area contributed by atoms with Gasteiger partial charge in [-0.15, -0.1) is 0 Å². The molecule has 0 heterocycles. The van der Waals surface area contributed by atoms with Crippen molar-refractivity contribution in [2.24, 2.45) is 0 Å². The number of carbonyl (C=O) groups excluding carboxylic acids is 1. The summed E-state index contributed by atoms with van der Waals surface area (Å²) in [5, 5.41) is 7.83. The van der Waals surface area contributed by atoms with Crippen molar-refractivity contribution in [1.82, 2.24) is 0 Å². The fraction of sp³-hybridized carbons (Fsp3) is 0.500. The molecule has 0 rings (SSSR count). The van der Waals surface area contributed by atoms with Crippen LogP contribution in [0.3, 0.4) is 0 Å². The van der Waals surface area contributed by atoms with Gasteiger partial charge in [-0.2, -0.15) is 0 Å². The Hall–Kier alpha value is -1.66. The summed E-state index contributed by atoms with van der Waals surface area (Å²) in [6, 6.07) is 0. The maximum atomic E-state index is 10.5. The van der Waals surface area contributed by atoms with Crippen molar-refractivity contribution in [2.45, 2.75) is 6.92 Å². The first-order valence-electron chi connectivity index (χ1n) is 5.30. The van der Waals surface area contributed by atoms with E-state index in [0.29, 0.717) is 19.8 Å². The topological polar surface area (TPSA) is 82.1 Å². The van der Waals surface area contributed by atoms with Gasteiger partial charge in [-0.1, -0.05) is 12.7 Å². The molecule has 6 nitrogen and oxygen atoms in total. The van der Waals surface area contributed by atoms with Gasteiger partial charge < -0.3 is 19.3 Å². The van der Waals surface area contributed by atoms with Crippen LogP contribution in [-0.4, -0.2) is 50.6 Å². The van der Waals surface area contributed by atoms with Gasteiger partial charge in [0.25, 0.3) is 0 Å². The van der Waals surface area contributed by atoms with Gasteiger partial charge in [0.2, 0.25) is 0 Å². The molecule has 0 aliphatic heterocycles. The fourth-order valence-corrected chi connectivity index (χ4v) is 0.647. The van der Waals surface area contributed by atoms with Crippen molar-refractivity contribution in [2.75, 3.05) is 33.5 Å². The zero-order valence-electron chi connectivity index (χ0n) is 10.8. The summed E-state index contributed by atoms with van der Waals surface area (Å²) < 4.78 is 14.4. The third kappa shape index (κ3) is 19.8. The van der Waals surface area contributed by atoms with Crippen LogP contribution in [0.25, 0.3) is 0 Å². The summed E-state index contributed by atoms with van der Waals surface area (Å²) in [6.45, 7) is 6.63. The Labute approximate surface area is 107 Å². The number of allylic oxidation sites excluding steroid dienone is 1. The smallest absolute Gasteiger partial charge is 0.330 e. The van der Waals surface area contributed by atoms with Gasteiger partial charge >= 0.3 is 11.9 Å². The van der Waals surface area contributed by atoms with Gasteiger partial charge in [0.1, 0.15) is 6.61 Å². The number of carboxylic acid groups (broad SMARTS) is 1. The highest BCUT2D eigenvalue weighted by Crippen LogP contribution is 1.81. The van der Waals surface area contributed by atoms with Crippen LogP contribution in [-0.2, 0) is 23.8 Å². The Morgan fingerprint density at radius 2 is 1.83 bits per heavy atom. The van der Waals surface area contributed by atoms with Crippen LogP contribution >= 0.6 is 0 Å². The SMILES string of the molecule is C=CC(=O)OCCOCCOC.CC=CC(=O)O. The molecule has 0 bridgehead atoms. The van der Waals surface area contributed by atoms with E-state index in [1.807, 2.05) is 0 Å². The molecule has 0 saturated carbocycles. The van der Waals surface area contributed by atoms with E-state index in [9.17, 15) is 9.59 Å². The molecule has 0 fully saturated rings. The molecule has 0 spiro atoms.